The molecule has 8 nitrogen and oxygen atoms in total. The number of aliphatic hydroxyl groups is 2. The molecule has 5 N–H and O–H groups in total. The van der Waals surface area contributed by atoms with Gasteiger partial charge in [-0.2, -0.15) is 0 Å². The van der Waals surface area contributed by atoms with Crippen LogP contribution in [0.25, 0.3) is 0 Å². The number of unbranched alkanes of at least 4 members (excludes halogenated alkanes) is 2. The number of carboxylic acid groups (broad SMARTS) is 3. The molecule has 33 heavy (non-hydrogen) atoms. The Labute approximate surface area is 259 Å². The smallest absolute Gasteiger partial charge is 0.337 e. The summed E-state index contributed by atoms with van der Waals surface area (Å²) in [5.74, 6) is -3.63. The Morgan fingerprint density at radius 1 is 0.758 bits per heavy atom. The zero-order valence-corrected chi connectivity index (χ0v) is 28.6. The molecule has 0 aromatic heterocycles. The predicted molar refractivity (Wildman–Crippen MR) is 124 cm³/mol. The Morgan fingerprint density at radius 3 is 1.09 bits per heavy atom. The zero-order valence-electron chi connectivity index (χ0n) is 18.3. The topological polar surface area (TPSA) is 152 Å². The van der Waals surface area contributed by atoms with Gasteiger partial charge in [-0.05, 0) is 0 Å². The Morgan fingerprint density at radius 2 is 0.970 bits per heavy atom. The molecule has 1 atom stereocenters. The number of carboxylic acids is 3. The van der Waals surface area contributed by atoms with E-state index in [1.807, 2.05) is 0 Å². The summed E-state index contributed by atoms with van der Waals surface area (Å²) in [6.45, 7) is 4.24. The molecule has 0 aromatic rings. The summed E-state index contributed by atoms with van der Waals surface area (Å²) in [5, 5.41) is 44.1. The van der Waals surface area contributed by atoms with E-state index < -0.39 is 44.1 Å². The van der Waals surface area contributed by atoms with Gasteiger partial charge >= 0.3 is 116 Å². The maximum atomic E-state index is 10.3. The van der Waals surface area contributed by atoms with Crippen molar-refractivity contribution in [3.05, 3.63) is 0 Å². The van der Waals surface area contributed by atoms with Gasteiger partial charge in [-0.15, -0.1) is 0 Å². The Balaban J connectivity index is -0.000000116. The molecule has 0 heterocycles. The largest absolute Gasteiger partial charge is 0.479 e. The van der Waals surface area contributed by atoms with Gasteiger partial charge in [0.2, 0.25) is 14.5 Å². The molecule has 0 aliphatic carbocycles. The molecule has 0 rings (SSSR count). The number of aliphatic hydroxyl groups excluding tert-OH is 1. The van der Waals surface area contributed by atoms with Crippen LogP contribution < -0.4 is 0 Å². The van der Waals surface area contributed by atoms with Crippen LogP contribution in [0.15, 0.2) is 0 Å². The van der Waals surface area contributed by atoms with E-state index in [2.05, 4.69) is 13.8 Å². The molecule has 0 aromatic carbocycles. The Kier molecular flexibility index (Phi) is 38.5. The van der Waals surface area contributed by atoms with Gasteiger partial charge in [-0.25, -0.2) is 14.4 Å². The third-order valence-corrected chi connectivity index (χ3v) is 5.65. The Bertz CT molecular complexity index is 453. The predicted octanol–water partition coefficient (Wildman–Crippen LogP) is 5.05. The standard InChI is InChI=1S/C11H23O2.3C2H2Cl2O2.Y.Zn/c1-4-6-8-11(13,10(3)12)9-7-5-2;3*3-1(4)2(5)6;;/h10,12-13H,3-9H2,1-2H3;3*1H,(H,5,6);;. The molecule has 0 amide bonds. The van der Waals surface area contributed by atoms with Gasteiger partial charge in [0.15, 0.2) is 0 Å². The first-order chi connectivity index (χ1) is 14.5. The molecular weight excluding hydrogens is 699 g/mol. The number of hydrogen-bond acceptors (Lipinski definition) is 5. The van der Waals surface area contributed by atoms with Gasteiger partial charge in [-0.3, -0.25) is 0 Å². The van der Waals surface area contributed by atoms with Crippen molar-refractivity contribution in [1.29, 1.82) is 0 Å². The summed E-state index contributed by atoms with van der Waals surface area (Å²) < 4.78 is 0. The van der Waals surface area contributed by atoms with Crippen LogP contribution in [0.2, 0.25) is 5.02 Å². The molecule has 0 spiro atoms. The second-order valence-corrected chi connectivity index (χ2v) is 10.5. The van der Waals surface area contributed by atoms with Crippen LogP contribution in [0.5, 0.6) is 0 Å². The van der Waals surface area contributed by atoms with Crippen molar-refractivity contribution < 1.29 is 90.9 Å². The van der Waals surface area contributed by atoms with Crippen molar-refractivity contribution in [2.75, 3.05) is 0 Å². The number of alkyl halides is 6. The van der Waals surface area contributed by atoms with Gasteiger partial charge in [0.1, 0.15) is 0 Å². The molecule has 16 heteroatoms. The van der Waals surface area contributed by atoms with E-state index in [9.17, 15) is 24.6 Å². The molecule has 192 valence electrons. The van der Waals surface area contributed by atoms with Crippen LogP contribution in [0, 0.1) is 0 Å². The minimum Gasteiger partial charge on any atom is -0.479 e. The van der Waals surface area contributed by atoms with Gasteiger partial charge in [0.05, 0.1) is 0 Å². The van der Waals surface area contributed by atoms with Crippen LogP contribution in [0.1, 0.15) is 52.4 Å². The van der Waals surface area contributed by atoms with Gasteiger partial charge < -0.3 is 15.3 Å². The average Bonchev–Trinajstić information content (AvgIpc) is 2.71. The molecule has 1 unspecified atom stereocenters. The van der Waals surface area contributed by atoms with Crippen molar-refractivity contribution in [1.82, 2.24) is 0 Å². The van der Waals surface area contributed by atoms with Crippen molar-refractivity contribution in [2.45, 2.75) is 83.6 Å². The summed E-state index contributed by atoms with van der Waals surface area (Å²) in [6, 6.07) is 0. The van der Waals surface area contributed by atoms with Crippen molar-refractivity contribution >= 4 is 87.5 Å². The summed E-state index contributed by atoms with van der Waals surface area (Å²) in [6.07, 6.45) is 5.20. The van der Waals surface area contributed by atoms with Gasteiger partial charge in [0, 0.05) is 32.7 Å². The number of aliphatic carboxylic acids is 3. The third-order valence-electron chi connectivity index (χ3n) is 3.38. The fourth-order valence-corrected chi connectivity index (χ4v) is 2.82. The number of hydrogen-bond donors (Lipinski definition) is 5. The van der Waals surface area contributed by atoms with E-state index in [1.54, 1.807) is 0 Å². The molecule has 1 radical (unpaired) electrons. The Hall–Kier alpha value is 1.80. The summed E-state index contributed by atoms with van der Waals surface area (Å²) in [7, 11) is 0. The fraction of sp³-hybridized carbons (Fsp3) is 0.824. The van der Waals surface area contributed by atoms with E-state index in [0.29, 0.717) is 0 Å². The summed E-state index contributed by atoms with van der Waals surface area (Å²) >= 11 is 29.7. The number of halogens is 6. The number of carbonyl (C=O) groups is 3. The zero-order chi connectivity index (χ0) is 26.5. The minimum atomic E-state index is -1.29. The first kappa shape index (κ1) is 44.8. The molecule has 0 aliphatic heterocycles. The van der Waals surface area contributed by atoms with Crippen molar-refractivity contribution in [3.63, 3.8) is 0 Å². The molecule has 0 aliphatic rings. The van der Waals surface area contributed by atoms with Crippen LogP contribution in [-0.4, -0.2) is 69.7 Å². The molecule has 0 saturated carbocycles. The summed E-state index contributed by atoms with van der Waals surface area (Å²) in [5.41, 5.74) is -0.801. The van der Waals surface area contributed by atoms with Gasteiger partial charge in [-0.1, -0.05) is 69.6 Å². The molecule has 0 bridgehead atoms. The molecule has 0 saturated heterocycles. The quantitative estimate of drug-likeness (QED) is 0.147. The minimum absolute atomic E-state index is 0. The average molecular weight is 728 g/mol. The first-order valence-electron chi connectivity index (χ1n) is 9.26. The molecule has 0 fully saturated rings. The third kappa shape index (κ3) is 33.8. The maximum Gasteiger partial charge on any atom is 0.337 e. The van der Waals surface area contributed by atoms with Crippen LogP contribution in [0.4, 0.5) is 0 Å². The number of rotatable bonds is 11. The van der Waals surface area contributed by atoms with Crippen LogP contribution >= 0.6 is 69.6 Å². The van der Waals surface area contributed by atoms with Crippen LogP contribution in [-0.2, 0) is 65.4 Å². The maximum absolute atomic E-state index is 10.3. The van der Waals surface area contributed by atoms with E-state index >= 15 is 0 Å². The van der Waals surface area contributed by atoms with Crippen molar-refractivity contribution in [3.8, 4) is 0 Å². The molecular formula is C17H29Cl6O8YZn. The van der Waals surface area contributed by atoms with E-state index in [4.69, 9.17) is 84.9 Å². The van der Waals surface area contributed by atoms with E-state index in [-0.39, 0.29) is 32.7 Å². The second-order valence-electron chi connectivity index (χ2n) is 6.03. The second kappa shape index (κ2) is 28.4. The van der Waals surface area contributed by atoms with Crippen LogP contribution in [0.3, 0.4) is 0 Å². The fourth-order valence-electron chi connectivity index (χ4n) is 1.69. The first-order valence-corrected chi connectivity index (χ1v) is 14.0. The monoisotopic (exact) mass is 724 g/mol. The van der Waals surface area contributed by atoms with Gasteiger partial charge in [0.25, 0.3) is 0 Å². The van der Waals surface area contributed by atoms with Crippen molar-refractivity contribution in [2.24, 2.45) is 0 Å². The summed E-state index contributed by atoms with van der Waals surface area (Å²) in [4.78, 5) is 24.4. The van der Waals surface area contributed by atoms with E-state index in [0.717, 1.165) is 61.8 Å². The SMILES string of the molecule is CCCCC(O)(CCCC)C(O)[CH2][Zn].O=C(O)C(Cl)Cl.O=C(O)C(Cl)Cl.O=C(O)C(Cl)Cl.[Y]. The van der Waals surface area contributed by atoms with E-state index in [1.165, 1.54) is 0 Å². The normalized spacial score (nSPS) is 11.1.